The van der Waals surface area contributed by atoms with Crippen molar-refractivity contribution in [1.29, 1.82) is 0 Å². The van der Waals surface area contributed by atoms with Gasteiger partial charge in [0, 0.05) is 45.1 Å². The van der Waals surface area contributed by atoms with Crippen molar-refractivity contribution in [2.24, 2.45) is 5.92 Å². The molecular weight excluding hydrogens is 350 g/mol. The second-order valence-corrected chi connectivity index (χ2v) is 9.23. The normalized spacial score (nSPS) is 19.5. The van der Waals surface area contributed by atoms with Crippen LogP contribution in [0.5, 0.6) is 0 Å². The number of carbonyl (C=O) groups excluding carboxylic acids is 1. The zero-order valence-electron chi connectivity index (χ0n) is 15.2. The van der Waals surface area contributed by atoms with Gasteiger partial charge in [-0.2, -0.15) is 4.31 Å². The Bertz CT molecular complexity index is 691. The molecule has 144 valence electrons. The molecule has 3 rings (SSSR count). The van der Waals surface area contributed by atoms with Gasteiger partial charge in [-0.3, -0.25) is 4.79 Å². The molecule has 7 heteroatoms. The minimum absolute atomic E-state index is 0.0539. The molecule has 0 unspecified atom stereocenters. The molecule has 2 aliphatic rings. The molecular formula is C19H29N3O3S. The van der Waals surface area contributed by atoms with Crippen molar-refractivity contribution >= 4 is 15.9 Å². The Morgan fingerprint density at radius 3 is 2.31 bits per heavy atom. The standard InChI is InChI=1S/C19H29N3O3S/c23-19(21-15-17-13-20-14-17)10-7-16-5-8-18(9-6-16)26(24,25)22-11-3-1-2-4-12-22/h5-6,8-9,17,20H,1-4,7,10-15H2,(H,21,23). The van der Waals surface area contributed by atoms with Gasteiger partial charge < -0.3 is 10.6 Å². The minimum Gasteiger partial charge on any atom is -0.356 e. The summed E-state index contributed by atoms with van der Waals surface area (Å²) in [6.45, 7) is 3.92. The van der Waals surface area contributed by atoms with Crippen molar-refractivity contribution in [1.82, 2.24) is 14.9 Å². The molecule has 0 saturated carbocycles. The molecule has 6 nitrogen and oxygen atoms in total. The summed E-state index contributed by atoms with van der Waals surface area (Å²) in [4.78, 5) is 12.2. The predicted molar refractivity (Wildman–Crippen MR) is 101 cm³/mol. The van der Waals surface area contributed by atoms with E-state index in [-0.39, 0.29) is 5.91 Å². The van der Waals surface area contributed by atoms with E-state index in [2.05, 4.69) is 10.6 Å². The van der Waals surface area contributed by atoms with Crippen molar-refractivity contribution < 1.29 is 13.2 Å². The largest absolute Gasteiger partial charge is 0.356 e. The molecule has 2 aliphatic heterocycles. The fraction of sp³-hybridized carbons (Fsp3) is 0.632. The summed E-state index contributed by atoms with van der Waals surface area (Å²) in [7, 11) is -3.40. The van der Waals surface area contributed by atoms with E-state index in [0.717, 1.165) is 50.9 Å². The van der Waals surface area contributed by atoms with Gasteiger partial charge in [0.25, 0.3) is 0 Å². The maximum Gasteiger partial charge on any atom is 0.243 e. The van der Waals surface area contributed by atoms with Gasteiger partial charge >= 0.3 is 0 Å². The molecule has 2 N–H and O–H groups in total. The lowest BCUT2D eigenvalue weighted by molar-refractivity contribution is -0.121. The van der Waals surface area contributed by atoms with Gasteiger partial charge in [0.05, 0.1) is 4.90 Å². The summed E-state index contributed by atoms with van der Waals surface area (Å²) >= 11 is 0. The predicted octanol–water partition coefficient (Wildman–Crippen LogP) is 1.52. The average molecular weight is 380 g/mol. The van der Waals surface area contributed by atoms with Crippen molar-refractivity contribution in [2.75, 3.05) is 32.7 Å². The molecule has 1 aromatic carbocycles. The number of hydrogen-bond donors (Lipinski definition) is 2. The number of hydrogen-bond acceptors (Lipinski definition) is 4. The third kappa shape index (κ3) is 5.05. The Morgan fingerprint density at radius 1 is 1.08 bits per heavy atom. The summed E-state index contributed by atoms with van der Waals surface area (Å²) in [5.74, 6) is 0.612. The maximum atomic E-state index is 12.8. The molecule has 26 heavy (non-hydrogen) atoms. The lowest BCUT2D eigenvalue weighted by Crippen LogP contribution is -2.48. The zero-order chi connectivity index (χ0) is 18.4. The smallest absolute Gasteiger partial charge is 0.243 e. The Labute approximate surface area is 156 Å². The van der Waals surface area contributed by atoms with Gasteiger partial charge in [-0.25, -0.2) is 8.42 Å². The maximum absolute atomic E-state index is 12.8. The van der Waals surface area contributed by atoms with Crippen LogP contribution in [-0.2, 0) is 21.2 Å². The van der Waals surface area contributed by atoms with Gasteiger partial charge in [0.2, 0.25) is 15.9 Å². The van der Waals surface area contributed by atoms with E-state index < -0.39 is 10.0 Å². The Hall–Kier alpha value is -1.44. The lowest BCUT2D eigenvalue weighted by atomic mass is 10.0. The molecule has 0 radical (unpaired) electrons. The first-order chi connectivity index (χ1) is 12.6. The highest BCUT2D eigenvalue weighted by atomic mass is 32.2. The number of amides is 1. The van der Waals surface area contributed by atoms with Crippen LogP contribution < -0.4 is 10.6 Å². The van der Waals surface area contributed by atoms with Crippen LogP contribution in [0, 0.1) is 5.92 Å². The molecule has 0 spiro atoms. The Balaban J connectivity index is 1.51. The third-order valence-electron chi connectivity index (χ3n) is 5.22. The number of nitrogens with one attached hydrogen (secondary N) is 2. The van der Waals surface area contributed by atoms with Crippen molar-refractivity contribution in [2.45, 2.75) is 43.4 Å². The van der Waals surface area contributed by atoms with Crippen molar-refractivity contribution in [3.8, 4) is 0 Å². The van der Waals surface area contributed by atoms with E-state index in [1.165, 1.54) is 0 Å². The van der Waals surface area contributed by atoms with Crippen molar-refractivity contribution in [3.05, 3.63) is 29.8 Å². The van der Waals surface area contributed by atoms with Crippen LogP contribution in [0.3, 0.4) is 0 Å². The number of carbonyl (C=O) groups is 1. The van der Waals surface area contributed by atoms with Gasteiger partial charge in [0.1, 0.15) is 0 Å². The highest BCUT2D eigenvalue weighted by Crippen LogP contribution is 2.21. The van der Waals surface area contributed by atoms with Gasteiger partial charge in [0.15, 0.2) is 0 Å². The molecule has 2 heterocycles. The number of aryl methyl sites for hydroxylation is 1. The molecule has 2 fully saturated rings. The fourth-order valence-electron chi connectivity index (χ4n) is 3.36. The van der Waals surface area contributed by atoms with Crippen LogP contribution in [0.25, 0.3) is 0 Å². The third-order valence-corrected chi connectivity index (χ3v) is 7.13. The van der Waals surface area contributed by atoms with Crippen LogP contribution >= 0.6 is 0 Å². The summed E-state index contributed by atoms with van der Waals surface area (Å²) in [5, 5.41) is 6.14. The lowest BCUT2D eigenvalue weighted by Gasteiger charge is -2.27. The van der Waals surface area contributed by atoms with E-state index in [4.69, 9.17) is 0 Å². The highest BCUT2D eigenvalue weighted by Gasteiger charge is 2.25. The van der Waals surface area contributed by atoms with Crippen LogP contribution in [0.2, 0.25) is 0 Å². The van der Waals surface area contributed by atoms with Crippen LogP contribution in [0.15, 0.2) is 29.2 Å². The molecule has 0 aliphatic carbocycles. The second-order valence-electron chi connectivity index (χ2n) is 7.29. The van der Waals surface area contributed by atoms with Gasteiger partial charge in [-0.05, 0) is 37.0 Å². The van der Waals surface area contributed by atoms with Gasteiger partial charge in [-0.1, -0.05) is 25.0 Å². The van der Waals surface area contributed by atoms with E-state index in [1.807, 2.05) is 12.1 Å². The fourth-order valence-corrected chi connectivity index (χ4v) is 4.87. The van der Waals surface area contributed by atoms with Crippen LogP contribution in [0.1, 0.15) is 37.7 Å². The number of rotatable bonds is 7. The zero-order valence-corrected chi connectivity index (χ0v) is 16.1. The topological polar surface area (TPSA) is 78.5 Å². The summed E-state index contributed by atoms with van der Waals surface area (Å²) in [6, 6.07) is 7.00. The minimum atomic E-state index is -3.40. The van der Waals surface area contributed by atoms with Crippen LogP contribution in [-0.4, -0.2) is 51.4 Å². The molecule has 0 aromatic heterocycles. The quantitative estimate of drug-likeness (QED) is 0.753. The number of sulfonamides is 1. The van der Waals surface area contributed by atoms with Crippen molar-refractivity contribution in [3.63, 3.8) is 0 Å². The average Bonchev–Trinajstić information content (AvgIpc) is 2.89. The molecule has 1 amide bonds. The Kier molecular flexibility index (Phi) is 6.67. The summed E-state index contributed by atoms with van der Waals surface area (Å²) in [5.41, 5.74) is 0.986. The van der Waals surface area contributed by atoms with E-state index >= 15 is 0 Å². The first-order valence-corrected chi connectivity index (χ1v) is 11.1. The van der Waals surface area contributed by atoms with Gasteiger partial charge in [-0.15, -0.1) is 0 Å². The number of benzene rings is 1. The van der Waals surface area contributed by atoms with E-state index in [1.54, 1.807) is 16.4 Å². The molecule has 2 saturated heterocycles. The van der Waals surface area contributed by atoms with E-state index in [0.29, 0.717) is 36.7 Å². The highest BCUT2D eigenvalue weighted by molar-refractivity contribution is 7.89. The number of nitrogens with zero attached hydrogens (tertiary/aromatic N) is 1. The molecule has 0 atom stereocenters. The molecule has 1 aromatic rings. The SMILES string of the molecule is O=C(CCc1ccc(S(=O)(=O)N2CCCCCC2)cc1)NCC1CNC1. The first-order valence-electron chi connectivity index (χ1n) is 9.62. The molecule has 0 bridgehead atoms. The Morgan fingerprint density at radius 2 is 1.73 bits per heavy atom. The summed E-state index contributed by atoms with van der Waals surface area (Å²) in [6.07, 6.45) is 5.12. The monoisotopic (exact) mass is 379 g/mol. The van der Waals surface area contributed by atoms with E-state index in [9.17, 15) is 13.2 Å². The second kappa shape index (κ2) is 8.97. The van der Waals surface area contributed by atoms with Crippen LogP contribution in [0.4, 0.5) is 0 Å². The summed E-state index contributed by atoms with van der Waals surface area (Å²) < 4.78 is 27.1. The first kappa shape index (κ1) is 19.3.